The largest absolute Gasteiger partial charge is 0.743 e. The van der Waals surface area contributed by atoms with Crippen molar-refractivity contribution in [2.75, 3.05) is 13.2 Å². The van der Waals surface area contributed by atoms with E-state index in [1.165, 1.54) is 20.8 Å². The lowest BCUT2D eigenvalue weighted by Gasteiger charge is -2.64. The molecule has 4 fully saturated rings. The van der Waals surface area contributed by atoms with Crippen molar-refractivity contribution in [3.05, 3.63) is 0 Å². The predicted octanol–water partition coefficient (Wildman–Crippen LogP) is 4.30. The maximum Gasteiger partial charge on any atom is 0.428 e. The van der Waals surface area contributed by atoms with E-state index in [1.807, 2.05) is 6.92 Å². The highest BCUT2D eigenvalue weighted by atomic mass is 32.2. The van der Waals surface area contributed by atoms with Crippen LogP contribution in [0.1, 0.15) is 99.3 Å². The molecule has 0 aliphatic heterocycles. The molecule has 3 unspecified atom stereocenters. The first kappa shape index (κ1) is 39.9. The van der Waals surface area contributed by atoms with Crippen LogP contribution in [0.4, 0.5) is 8.78 Å². The van der Waals surface area contributed by atoms with Crippen LogP contribution in [0.2, 0.25) is 0 Å². The van der Waals surface area contributed by atoms with E-state index in [9.17, 15) is 45.7 Å². The summed E-state index contributed by atoms with van der Waals surface area (Å²) in [4.78, 5) is 60.6. The van der Waals surface area contributed by atoms with Crippen molar-refractivity contribution in [2.24, 2.45) is 46.3 Å². The van der Waals surface area contributed by atoms with Crippen LogP contribution in [0.25, 0.3) is 0 Å². The first-order chi connectivity index (χ1) is 23.1. The van der Waals surface area contributed by atoms with Gasteiger partial charge >= 0.3 is 35.1 Å². The molecule has 4 aliphatic rings. The summed E-state index contributed by atoms with van der Waals surface area (Å²) in [7, 11) is -6.27. The molecule has 0 spiro atoms. The average Bonchev–Trinajstić information content (AvgIpc) is 3.35. The second kappa shape index (κ2) is 15.0. The molecule has 16 heteroatoms. The zero-order valence-corrected chi connectivity index (χ0v) is 30.3. The third-order valence-corrected chi connectivity index (χ3v) is 13.1. The molecular weight excluding hydrogens is 686 g/mol. The molecule has 0 heterocycles. The van der Waals surface area contributed by atoms with Crippen molar-refractivity contribution in [1.29, 1.82) is 0 Å². The van der Waals surface area contributed by atoms with Gasteiger partial charge in [-0.15, -0.1) is 0 Å². The van der Waals surface area contributed by atoms with Gasteiger partial charge in [-0.3, -0.25) is 19.2 Å². The van der Waals surface area contributed by atoms with E-state index < -0.39 is 58.0 Å². The number of ether oxygens (including phenoxy) is 5. The Bertz CT molecular complexity index is 1440. The number of hydrogen-bond donors (Lipinski definition) is 0. The third kappa shape index (κ3) is 7.95. The number of halogens is 2. The third-order valence-electron chi connectivity index (χ3n) is 12.3. The highest BCUT2D eigenvalue weighted by Crippen LogP contribution is 2.69. The van der Waals surface area contributed by atoms with E-state index in [-0.39, 0.29) is 71.5 Å². The Labute approximate surface area is 291 Å². The molecule has 50 heavy (non-hydrogen) atoms. The van der Waals surface area contributed by atoms with E-state index >= 15 is 0 Å². The zero-order chi connectivity index (χ0) is 37.4. The van der Waals surface area contributed by atoms with Crippen molar-refractivity contribution < 1.29 is 69.4 Å². The summed E-state index contributed by atoms with van der Waals surface area (Å²) in [5, 5.41) is -5.26. The van der Waals surface area contributed by atoms with Gasteiger partial charge in [0.15, 0.2) is 10.1 Å². The van der Waals surface area contributed by atoms with Gasteiger partial charge in [0.05, 0.1) is 0 Å². The average molecular weight is 736 g/mol. The van der Waals surface area contributed by atoms with Crippen LogP contribution in [-0.2, 0) is 57.8 Å². The molecule has 13 nitrogen and oxygen atoms in total. The van der Waals surface area contributed by atoms with Crippen LogP contribution in [0.5, 0.6) is 0 Å². The van der Waals surface area contributed by atoms with E-state index in [1.54, 1.807) is 0 Å². The molecule has 4 aliphatic carbocycles. The van der Waals surface area contributed by atoms with Crippen molar-refractivity contribution in [3.8, 4) is 0 Å². The number of hydrogen-bond acceptors (Lipinski definition) is 13. The first-order valence-electron chi connectivity index (χ1n) is 17.3. The highest BCUT2D eigenvalue weighted by Gasteiger charge is 2.67. The summed E-state index contributed by atoms with van der Waals surface area (Å²) in [5.74, 6) is -4.09. The number of carbonyl (C=O) groups is 5. The molecule has 0 N–H and O–H groups in total. The Morgan fingerprint density at radius 1 is 0.860 bits per heavy atom. The topological polar surface area (TPSA) is 189 Å². The summed E-state index contributed by atoms with van der Waals surface area (Å²) in [6, 6.07) is 0. The van der Waals surface area contributed by atoms with Crippen LogP contribution in [-0.4, -0.2) is 79.6 Å². The summed E-state index contributed by atoms with van der Waals surface area (Å²) in [6.45, 7) is 9.13. The lowest BCUT2D eigenvalue weighted by atomic mass is 9.43. The zero-order valence-electron chi connectivity index (χ0n) is 29.4. The molecule has 4 saturated carbocycles. The van der Waals surface area contributed by atoms with Gasteiger partial charge in [0.2, 0.25) is 0 Å². The van der Waals surface area contributed by atoms with Crippen LogP contribution < -0.4 is 0 Å². The van der Waals surface area contributed by atoms with Gasteiger partial charge in [-0.1, -0.05) is 20.8 Å². The molecule has 0 bridgehead atoms. The second-order valence-electron chi connectivity index (χ2n) is 15.1. The Kier molecular flexibility index (Phi) is 12.0. The molecular formula is C34H49F2O13S-. The van der Waals surface area contributed by atoms with Gasteiger partial charge in [-0.2, -0.15) is 8.78 Å². The Balaban J connectivity index is 1.47. The van der Waals surface area contributed by atoms with Crippen molar-refractivity contribution >= 4 is 40.0 Å². The van der Waals surface area contributed by atoms with E-state index in [2.05, 4.69) is 18.6 Å². The van der Waals surface area contributed by atoms with E-state index in [0.29, 0.717) is 25.7 Å². The molecule has 11 atom stereocenters. The summed E-state index contributed by atoms with van der Waals surface area (Å²) in [5.41, 5.74) is -0.660. The van der Waals surface area contributed by atoms with Crippen molar-refractivity contribution in [3.63, 3.8) is 0 Å². The van der Waals surface area contributed by atoms with Crippen molar-refractivity contribution in [1.82, 2.24) is 0 Å². The number of carbonyl (C=O) groups excluding carboxylic acids is 5. The monoisotopic (exact) mass is 735 g/mol. The lowest BCUT2D eigenvalue weighted by molar-refractivity contribution is -0.224. The smallest absolute Gasteiger partial charge is 0.428 e. The second-order valence-corrected chi connectivity index (χ2v) is 16.5. The van der Waals surface area contributed by atoms with E-state index in [0.717, 1.165) is 25.7 Å². The van der Waals surface area contributed by atoms with Crippen LogP contribution in [0, 0.1) is 46.3 Å². The van der Waals surface area contributed by atoms with Gasteiger partial charge in [-0.05, 0) is 86.4 Å². The molecule has 0 amide bonds. The fraction of sp³-hybridized carbons (Fsp3) is 0.853. The van der Waals surface area contributed by atoms with Crippen LogP contribution in [0.3, 0.4) is 0 Å². The number of esters is 5. The highest BCUT2D eigenvalue weighted by molar-refractivity contribution is 7.87. The molecule has 4 rings (SSSR count). The summed E-state index contributed by atoms with van der Waals surface area (Å²) in [6.07, 6.45) is 4.36. The summed E-state index contributed by atoms with van der Waals surface area (Å²) < 4.78 is 85.2. The van der Waals surface area contributed by atoms with Crippen molar-refractivity contribution in [2.45, 2.75) is 123 Å². The molecule has 0 aromatic rings. The molecule has 284 valence electrons. The molecule has 0 aromatic heterocycles. The number of rotatable bonds is 12. The number of fused-ring (bicyclic) bond motifs is 5. The fourth-order valence-corrected chi connectivity index (χ4v) is 10.5. The van der Waals surface area contributed by atoms with Crippen LogP contribution >= 0.6 is 0 Å². The standard InChI is InChI=1S/C34H50F2O13S/c1-18(7-10-29(40)45-13-14-46-31(41)34(35,36)50(42,43)44)24-8-9-25-30-26(17-28(33(24,25)6)49-21(4)39)32(5)12-11-23(47-19(2)37)15-22(32)16-27(30)48-20(3)38/h18,22-28,30H,7-17H2,1-6H3,(H,42,43,44)/p-1/t18-,22+,23?,24-,25+,26+,27?,28?,30+,32+,33-/m1/s1. The lowest BCUT2D eigenvalue weighted by Crippen LogP contribution is -2.63. The van der Waals surface area contributed by atoms with Crippen LogP contribution in [0.15, 0.2) is 0 Å². The minimum absolute atomic E-state index is 0.0103. The van der Waals surface area contributed by atoms with Gasteiger partial charge in [0.25, 0.3) is 0 Å². The maximum atomic E-state index is 13.3. The Hall–Kier alpha value is -2.88. The summed E-state index contributed by atoms with van der Waals surface area (Å²) >= 11 is 0. The fourth-order valence-electron chi connectivity index (χ4n) is 10.2. The Morgan fingerprint density at radius 3 is 2.08 bits per heavy atom. The SMILES string of the molecule is CC(=O)OC1CC[C@@]2(C)[C@@H](C1)CC(OC(C)=O)[C@@H]1[C@@H]2CC(OC(C)=O)[C@]2(C)[C@@H]([C@H](C)CCC(=O)OCCOC(=O)C(F)(F)S(=O)(=O)[O-])CC[C@@H]12. The van der Waals surface area contributed by atoms with Gasteiger partial charge < -0.3 is 28.2 Å². The maximum absolute atomic E-state index is 13.3. The normalized spacial score (nSPS) is 35.7. The van der Waals surface area contributed by atoms with Gasteiger partial charge in [0.1, 0.15) is 31.5 Å². The van der Waals surface area contributed by atoms with Gasteiger partial charge in [0, 0.05) is 38.5 Å². The first-order valence-corrected chi connectivity index (χ1v) is 18.7. The minimum Gasteiger partial charge on any atom is -0.743 e. The quantitative estimate of drug-likeness (QED) is 0.120. The Morgan fingerprint density at radius 2 is 1.48 bits per heavy atom. The van der Waals surface area contributed by atoms with E-state index in [4.69, 9.17) is 18.9 Å². The predicted molar refractivity (Wildman–Crippen MR) is 168 cm³/mol. The molecule has 0 saturated heterocycles. The van der Waals surface area contributed by atoms with Gasteiger partial charge in [-0.25, -0.2) is 13.2 Å². The molecule has 0 radical (unpaired) electrons. The number of alkyl halides is 2. The minimum atomic E-state index is -6.27. The molecule has 0 aromatic carbocycles.